The smallest absolute Gasteiger partial charge is 0.271 e. The van der Waals surface area contributed by atoms with Crippen LogP contribution >= 0.6 is 0 Å². The molecule has 194 valence electrons. The molecule has 0 fully saturated rings. The first kappa shape index (κ1) is 27.1. The quantitative estimate of drug-likeness (QED) is 0.215. The molecule has 0 atom stereocenters. The average Bonchev–Trinajstić information content (AvgIpc) is 2.91. The molecule has 0 radical (unpaired) electrons. The number of nitro benzene ring substituents is 1. The summed E-state index contributed by atoms with van der Waals surface area (Å²) in [5.74, 6) is 0.316. The molecule has 0 unspecified atom stereocenters. The van der Waals surface area contributed by atoms with Crippen LogP contribution in [0.3, 0.4) is 0 Å². The summed E-state index contributed by atoms with van der Waals surface area (Å²) in [6.45, 7) is 1.86. The molecule has 12 heteroatoms. The van der Waals surface area contributed by atoms with Gasteiger partial charge in [-0.3, -0.25) is 19.2 Å². The Kier molecular flexibility index (Phi) is 9.16. The standard InChI is InChI=1S/C25H26N4O7S/c1-3-14-36-23-13-12-19(15-24(23)35-2)17-26-27-25(30)18-28(20-8-7-9-21(16-20)29(31)32)37(33,34)22-10-5-4-6-11-22/h4-13,15-17H,3,14,18H2,1-2H3,(H,27,30)/b26-17-. The molecule has 0 bridgehead atoms. The highest BCUT2D eigenvalue weighted by atomic mass is 32.2. The van der Waals surface area contributed by atoms with Gasteiger partial charge in [0.1, 0.15) is 6.54 Å². The number of nitrogens with one attached hydrogen (secondary N) is 1. The molecule has 0 saturated heterocycles. The first-order chi connectivity index (χ1) is 17.8. The number of hydrazone groups is 1. The van der Waals surface area contributed by atoms with E-state index < -0.39 is 27.4 Å². The zero-order valence-electron chi connectivity index (χ0n) is 20.2. The molecule has 0 aliphatic rings. The van der Waals surface area contributed by atoms with E-state index in [4.69, 9.17) is 9.47 Å². The maximum Gasteiger partial charge on any atom is 0.271 e. The van der Waals surface area contributed by atoms with Gasteiger partial charge in [-0.15, -0.1) is 0 Å². The Morgan fingerprint density at radius 1 is 1.08 bits per heavy atom. The Labute approximate surface area is 214 Å². The molecule has 3 rings (SSSR count). The van der Waals surface area contributed by atoms with E-state index in [9.17, 15) is 23.3 Å². The van der Waals surface area contributed by atoms with Crippen molar-refractivity contribution >= 4 is 33.5 Å². The monoisotopic (exact) mass is 526 g/mol. The number of nitro groups is 1. The Bertz CT molecular complexity index is 1380. The van der Waals surface area contributed by atoms with Gasteiger partial charge in [-0.05, 0) is 48.4 Å². The summed E-state index contributed by atoms with van der Waals surface area (Å²) in [4.78, 5) is 23.2. The Balaban J connectivity index is 1.81. The van der Waals surface area contributed by atoms with Crippen molar-refractivity contribution in [2.24, 2.45) is 5.10 Å². The Hall–Kier alpha value is -4.45. The third-order valence-corrected chi connectivity index (χ3v) is 6.79. The molecule has 0 aromatic heterocycles. The summed E-state index contributed by atoms with van der Waals surface area (Å²) in [5, 5.41) is 15.1. The molecule has 3 aromatic carbocycles. The summed E-state index contributed by atoms with van der Waals surface area (Å²) in [5.41, 5.74) is 2.55. The van der Waals surface area contributed by atoms with Crippen LogP contribution in [0.2, 0.25) is 0 Å². The number of methoxy groups -OCH3 is 1. The van der Waals surface area contributed by atoms with Gasteiger partial charge >= 0.3 is 0 Å². The lowest BCUT2D eigenvalue weighted by atomic mass is 10.2. The molecule has 11 nitrogen and oxygen atoms in total. The largest absolute Gasteiger partial charge is 0.493 e. The predicted octanol–water partition coefficient (Wildman–Crippen LogP) is 3.74. The van der Waals surface area contributed by atoms with E-state index in [1.807, 2.05) is 6.92 Å². The fourth-order valence-electron chi connectivity index (χ4n) is 3.24. The summed E-state index contributed by atoms with van der Waals surface area (Å²) in [7, 11) is -2.72. The second-order valence-corrected chi connectivity index (χ2v) is 9.52. The second-order valence-electron chi connectivity index (χ2n) is 7.65. The number of carbonyl (C=O) groups excluding carboxylic acids is 1. The van der Waals surface area contributed by atoms with Crippen molar-refractivity contribution in [2.45, 2.75) is 18.2 Å². The van der Waals surface area contributed by atoms with Crippen molar-refractivity contribution in [3.63, 3.8) is 0 Å². The van der Waals surface area contributed by atoms with Crippen LogP contribution in [0.5, 0.6) is 11.5 Å². The van der Waals surface area contributed by atoms with Gasteiger partial charge in [0.15, 0.2) is 11.5 Å². The van der Waals surface area contributed by atoms with Gasteiger partial charge in [0.25, 0.3) is 21.6 Å². The van der Waals surface area contributed by atoms with E-state index in [1.54, 1.807) is 24.3 Å². The summed E-state index contributed by atoms with van der Waals surface area (Å²) >= 11 is 0. The second kappa shape index (κ2) is 12.5. The SMILES string of the molecule is CCCOc1ccc(/C=N\NC(=O)CN(c2cccc([N+](=O)[O-])c2)S(=O)(=O)c2ccccc2)cc1OC. The number of carbonyl (C=O) groups is 1. The molecular formula is C25H26N4O7S. The summed E-state index contributed by atoms with van der Waals surface area (Å²) in [6.07, 6.45) is 2.21. The van der Waals surface area contributed by atoms with E-state index in [0.29, 0.717) is 23.7 Å². The van der Waals surface area contributed by atoms with Crippen molar-refractivity contribution in [1.29, 1.82) is 0 Å². The van der Waals surface area contributed by atoms with Crippen molar-refractivity contribution in [1.82, 2.24) is 5.43 Å². The van der Waals surface area contributed by atoms with Crippen LogP contribution in [0.15, 0.2) is 82.8 Å². The van der Waals surface area contributed by atoms with E-state index >= 15 is 0 Å². The van der Waals surface area contributed by atoms with Crippen molar-refractivity contribution in [3.8, 4) is 11.5 Å². The maximum absolute atomic E-state index is 13.3. The number of sulfonamides is 1. The zero-order valence-corrected chi connectivity index (χ0v) is 21.1. The Morgan fingerprint density at radius 2 is 1.84 bits per heavy atom. The Morgan fingerprint density at radius 3 is 2.51 bits per heavy atom. The number of non-ortho nitro benzene ring substituents is 1. The van der Waals surface area contributed by atoms with Gasteiger partial charge in [-0.2, -0.15) is 5.10 Å². The molecule has 0 saturated carbocycles. The summed E-state index contributed by atoms with van der Waals surface area (Å²) < 4.78 is 38.4. The summed E-state index contributed by atoms with van der Waals surface area (Å²) in [6, 6.07) is 17.6. The lowest BCUT2D eigenvalue weighted by Crippen LogP contribution is -2.39. The number of ether oxygens (including phenoxy) is 2. The third-order valence-electron chi connectivity index (χ3n) is 5.00. The third kappa shape index (κ3) is 7.04. The number of hydrogen-bond donors (Lipinski definition) is 1. The molecule has 3 aromatic rings. The fraction of sp³-hybridized carbons (Fsp3) is 0.200. The van der Waals surface area contributed by atoms with Crippen LogP contribution in [-0.4, -0.2) is 45.7 Å². The number of anilines is 1. The van der Waals surface area contributed by atoms with Crippen LogP contribution in [0, 0.1) is 10.1 Å². The molecule has 0 heterocycles. The van der Waals surface area contributed by atoms with E-state index in [1.165, 1.54) is 55.8 Å². The topological polar surface area (TPSA) is 140 Å². The molecule has 1 amide bonds. The van der Waals surface area contributed by atoms with Gasteiger partial charge < -0.3 is 9.47 Å². The molecule has 0 spiro atoms. The van der Waals surface area contributed by atoms with Crippen LogP contribution in [0.25, 0.3) is 0 Å². The van der Waals surface area contributed by atoms with E-state index in [-0.39, 0.29) is 16.3 Å². The number of hydrogen-bond acceptors (Lipinski definition) is 8. The minimum Gasteiger partial charge on any atom is -0.493 e. The highest BCUT2D eigenvalue weighted by molar-refractivity contribution is 7.92. The number of amides is 1. The minimum atomic E-state index is -4.22. The van der Waals surface area contributed by atoms with Crippen molar-refractivity contribution in [3.05, 3.63) is 88.5 Å². The van der Waals surface area contributed by atoms with Crippen molar-refractivity contribution in [2.75, 3.05) is 24.6 Å². The molecule has 0 aliphatic heterocycles. The lowest BCUT2D eigenvalue weighted by molar-refractivity contribution is -0.384. The highest BCUT2D eigenvalue weighted by Gasteiger charge is 2.28. The van der Waals surface area contributed by atoms with Gasteiger partial charge in [0, 0.05) is 12.1 Å². The van der Waals surface area contributed by atoms with Crippen LogP contribution in [0.4, 0.5) is 11.4 Å². The lowest BCUT2D eigenvalue weighted by Gasteiger charge is -2.23. The molecule has 0 aliphatic carbocycles. The maximum atomic E-state index is 13.3. The van der Waals surface area contributed by atoms with Gasteiger partial charge in [0.05, 0.1) is 35.4 Å². The van der Waals surface area contributed by atoms with E-state index in [2.05, 4.69) is 10.5 Å². The number of nitrogens with zero attached hydrogens (tertiary/aromatic N) is 3. The molecule has 1 N–H and O–H groups in total. The van der Waals surface area contributed by atoms with Crippen molar-refractivity contribution < 1.29 is 27.6 Å². The minimum absolute atomic E-state index is 0.0374. The van der Waals surface area contributed by atoms with Crippen LogP contribution < -0.4 is 19.2 Å². The number of benzene rings is 3. The first-order valence-electron chi connectivity index (χ1n) is 11.2. The highest BCUT2D eigenvalue weighted by Crippen LogP contribution is 2.28. The first-order valence-corrected chi connectivity index (χ1v) is 12.6. The van der Waals surface area contributed by atoms with Crippen LogP contribution in [-0.2, 0) is 14.8 Å². The van der Waals surface area contributed by atoms with Gasteiger partial charge in [-0.25, -0.2) is 13.8 Å². The van der Waals surface area contributed by atoms with E-state index in [0.717, 1.165) is 16.8 Å². The predicted molar refractivity (Wildman–Crippen MR) is 139 cm³/mol. The zero-order chi connectivity index (χ0) is 26.8. The van der Waals surface area contributed by atoms with Gasteiger partial charge in [0.2, 0.25) is 0 Å². The molecule has 37 heavy (non-hydrogen) atoms. The molecular weight excluding hydrogens is 500 g/mol. The van der Waals surface area contributed by atoms with Gasteiger partial charge in [-0.1, -0.05) is 31.2 Å². The fourth-order valence-corrected chi connectivity index (χ4v) is 4.67. The normalized spacial score (nSPS) is 11.2. The number of rotatable bonds is 12. The average molecular weight is 527 g/mol. The van der Waals surface area contributed by atoms with Crippen LogP contribution in [0.1, 0.15) is 18.9 Å².